The molecule has 0 saturated heterocycles. The summed E-state index contributed by atoms with van der Waals surface area (Å²) in [6.07, 6.45) is 1.61. The van der Waals surface area contributed by atoms with Gasteiger partial charge in [-0.15, -0.1) is 11.3 Å². The first kappa shape index (κ1) is 21.2. The highest BCUT2D eigenvalue weighted by Gasteiger charge is 2.27. The molecule has 31 heavy (non-hydrogen) atoms. The van der Waals surface area contributed by atoms with Crippen molar-refractivity contribution in [3.63, 3.8) is 0 Å². The second-order valence-corrected chi connectivity index (χ2v) is 9.53. The molecule has 0 N–H and O–H groups in total. The number of thiazole rings is 1. The molecule has 0 saturated carbocycles. The molecule has 0 aliphatic rings. The molecule has 4 heterocycles. The molecular formula is C20H20N4O5S2. The van der Waals surface area contributed by atoms with E-state index >= 15 is 0 Å². The summed E-state index contributed by atoms with van der Waals surface area (Å²) in [6.45, 7) is 4.37. The molecular weight excluding hydrogens is 440 g/mol. The summed E-state index contributed by atoms with van der Waals surface area (Å²) in [5.74, 6) is -0.543. The van der Waals surface area contributed by atoms with E-state index in [9.17, 15) is 19.2 Å². The molecule has 0 unspecified atom stereocenters. The summed E-state index contributed by atoms with van der Waals surface area (Å²) in [4.78, 5) is 56.6. The fourth-order valence-corrected chi connectivity index (χ4v) is 5.63. The van der Waals surface area contributed by atoms with Crippen LogP contribution < -0.4 is 16.1 Å². The Morgan fingerprint density at radius 2 is 1.94 bits per heavy atom. The molecule has 4 rings (SSSR count). The standard InChI is InChI=1S/C20H20N4O5S2/c1-10(2)8-24-17-14(16(25)22(3)19(24)27)13(18(26)29-4)12(30-17)9-23-11-6-5-7-21-15(11)31-20(23)28/h5-7,10H,8-9H2,1-4H3. The SMILES string of the molecule is COC(=O)c1c(Cn2c(=O)sc3ncccc32)sc2c1c(=O)n(C)c(=O)n2CC(C)C. The predicted octanol–water partition coefficient (Wildman–Crippen LogP) is 2.02. The lowest BCUT2D eigenvalue weighted by Crippen LogP contribution is -2.38. The maximum absolute atomic E-state index is 13.0. The molecule has 0 amide bonds. The van der Waals surface area contributed by atoms with E-state index in [-0.39, 0.29) is 28.3 Å². The second-order valence-electron chi connectivity index (χ2n) is 7.50. The van der Waals surface area contributed by atoms with Gasteiger partial charge in [-0.1, -0.05) is 25.2 Å². The Hall–Kier alpha value is -3.05. The van der Waals surface area contributed by atoms with Crippen molar-refractivity contribution in [2.45, 2.75) is 26.9 Å². The van der Waals surface area contributed by atoms with Crippen molar-refractivity contribution in [3.8, 4) is 0 Å². The Labute approximate surface area is 183 Å². The molecule has 0 aliphatic heterocycles. The Morgan fingerprint density at radius 1 is 1.19 bits per heavy atom. The van der Waals surface area contributed by atoms with Crippen LogP contribution in [0.25, 0.3) is 20.6 Å². The van der Waals surface area contributed by atoms with Crippen LogP contribution in [0.4, 0.5) is 0 Å². The van der Waals surface area contributed by atoms with Gasteiger partial charge in [-0.05, 0) is 18.1 Å². The largest absolute Gasteiger partial charge is 0.465 e. The van der Waals surface area contributed by atoms with Gasteiger partial charge < -0.3 is 4.74 Å². The first-order chi connectivity index (χ1) is 14.7. The molecule has 0 fully saturated rings. The van der Waals surface area contributed by atoms with Gasteiger partial charge >= 0.3 is 16.5 Å². The number of fused-ring (bicyclic) bond motifs is 2. The fourth-order valence-electron chi connectivity index (χ4n) is 3.53. The average Bonchev–Trinajstić information content (AvgIpc) is 3.27. The second kappa shape index (κ2) is 7.89. The minimum Gasteiger partial charge on any atom is -0.465 e. The van der Waals surface area contributed by atoms with Gasteiger partial charge in [0.2, 0.25) is 0 Å². The van der Waals surface area contributed by atoms with Crippen molar-refractivity contribution in [2.24, 2.45) is 13.0 Å². The van der Waals surface area contributed by atoms with Gasteiger partial charge in [0.25, 0.3) is 5.56 Å². The van der Waals surface area contributed by atoms with Gasteiger partial charge in [-0.3, -0.25) is 23.3 Å². The third-order valence-corrected chi connectivity index (χ3v) is 7.03. The summed E-state index contributed by atoms with van der Waals surface area (Å²) in [5, 5.41) is 0.139. The smallest absolute Gasteiger partial charge is 0.339 e. The fraction of sp³-hybridized carbons (Fsp3) is 0.350. The van der Waals surface area contributed by atoms with E-state index in [2.05, 4.69) is 4.98 Å². The Bertz CT molecular complexity index is 1500. The van der Waals surface area contributed by atoms with Crippen molar-refractivity contribution in [1.29, 1.82) is 0 Å². The highest BCUT2D eigenvalue weighted by atomic mass is 32.1. The molecule has 0 bridgehead atoms. The number of nitrogens with zero attached hydrogens (tertiary/aromatic N) is 4. The van der Waals surface area contributed by atoms with Crippen molar-refractivity contribution in [2.75, 3.05) is 7.11 Å². The highest BCUT2D eigenvalue weighted by Crippen LogP contribution is 2.31. The molecule has 0 spiro atoms. The third kappa shape index (κ3) is 3.43. The van der Waals surface area contributed by atoms with Crippen LogP contribution in [0.3, 0.4) is 0 Å². The lowest BCUT2D eigenvalue weighted by molar-refractivity contribution is 0.0602. The van der Waals surface area contributed by atoms with Crippen LogP contribution in [0, 0.1) is 5.92 Å². The highest BCUT2D eigenvalue weighted by molar-refractivity contribution is 7.19. The quantitative estimate of drug-likeness (QED) is 0.422. The zero-order valence-corrected chi connectivity index (χ0v) is 19.0. The summed E-state index contributed by atoms with van der Waals surface area (Å²) < 4.78 is 8.99. The number of aromatic nitrogens is 4. The van der Waals surface area contributed by atoms with Crippen molar-refractivity contribution < 1.29 is 9.53 Å². The molecule has 4 aromatic rings. The Kier molecular flexibility index (Phi) is 5.40. The molecule has 0 aliphatic carbocycles. The molecule has 11 heteroatoms. The van der Waals surface area contributed by atoms with E-state index in [1.54, 1.807) is 18.3 Å². The number of rotatable bonds is 5. The van der Waals surface area contributed by atoms with Crippen LogP contribution in [0.5, 0.6) is 0 Å². The van der Waals surface area contributed by atoms with Gasteiger partial charge in [0.05, 0.1) is 30.1 Å². The number of carbonyl (C=O) groups is 1. The number of hydrogen-bond acceptors (Lipinski definition) is 8. The predicted molar refractivity (Wildman–Crippen MR) is 120 cm³/mol. The molecule has 162 valence electrons. The van der Waals surface area contributed by atoms with E-state index in [0.29, 0.717) is 26.6 Å². The Morgan fingerprint density at radius 3 is 2.61 bits per heavy atom. The maximum Gasteiger partial charge on any atom is 0.339 e. The third-order valence-electron chi connectivity index (χ3n) is 4.93. The van der Waals surface area contributed by atoms with E-state index in [0.717, 1.165) is 27.2 Å². The number of methoxy groups -OCH3 is 1. The Balaban J connectivity index is 2.05. The average molecular weight is 461 g/mol. The zero-order valence-electron chi connectivity index (χ0n) is 17.4. The van der Waals surface area contributed by atoms with E-state index in [4.69, 9.17) is 4.74 Å². The summed E-state index contributed by atoms with van der Waals surface area (Å²) in [7, 11) is 2.63. The normalized spacial score (nSPS) is 11.6. The van der Waals surface area contributed by atoms with Crippen molar-refractivity contribution >= 4 is 49.2 Å². The monoisotopic (exact) mass is 460 g/mol. The number of carbonyl (C=O) groups excluding carboxylic acids is 1. The summed E-state index contributed by atoms with van der Waals surface area (Å²) in [6, 6.07) is 3.51. The number of esters is 1. The first-order valence-electron chi connectivity index (χ1n) is 9.52. The van der Waals surface area contributed by atoms with E-state index in [1.165, 1.54) is 23.3 Å². The van der Waals surface area contributed by atoms with Gasteiger partial charge in [0, 0.05) is 24.7 Å². The van der Waals surface area contributed by atoms with Crippen LogP contribution in [-0.4, -0.2) is 31.8 Å². The van der Waals surface area contributed by atoms with Gasteiger partial charge in [-0.2, -0.15) is 0 Å². The zero-order chi connectivity index (χ0) is 22.4. The molecule has 0 radical (unpaired) electrons. The number of pyridine rings is 1. The molecule has 0 aromatic carbocycles. The minimum absolute atomic E-state index is 0.0628. The van der Waals surface area contributed by atoms with Crippen LogP contribution in [0.1, 0.15) is 29.1 Å². The molecule has 0 atom stereocenters. The van der Waals surface area contributed by atoms with Crippen LogP contribution >= 0.6 is 22.7 Å². The number of ether oxygens (including phenoxy) is 1. The van der Waals surface area contributed by atoms with Crippen LogP contribution in [-0.2, 0) is 24.9 Å². The number of thiophene rings is 1. The van der Waals surface area contributed by atoms with Crippen molar-refractivity contribution in [3.05, 3.63) is 59.3 Å². The minimum atomic E-state index is -0.682. The van der Waals surface area contributed by atoms with Crippen molar-refractivity contribution in [1.82, 2.24) is 18.7 Å². The summed E-state index contributed by atoms with van der Waals surface area (Å²) >= 11 is 2.17. The molecule has 4 aromatic heterocycles. The topological polar surface area (TPSA) is 105 Å². The number of hydrogen-bond donors (Lipinski definition) is 0. The lowest BCUT2D eigenvalue weighted by Gasteiger charge is -2.11. The van der Waals surface area contributed by atoms with Crippen LogP contribution in [0.15, 0.2) is 32.7 Å². The lowest BCUT2D eigenvalue weighted by atomic mass is 10.1. The van der Waals surface area contributed by atoms with Gasteiger partial charge in [-0.25, -0.2) is 14.6 Å². The summed E-state index contributed by atoms with van der Waals surface area (Å²) in [5.41, 5.74) is -0.279. The van der Waals surface area contributed by atoms with E-state index < -0.39 is 17.2 Å². The molecule has 9 nitrogen and oxygen atoms in total. The first-order valence-corrected chi connectivity index (χ1v) is 11.2. The van der Waals surface area contributed by atoms with Gasteiger partial charge in [0.15, 0.2) is 0 Å². The maximum atomic E-state index is 13.0. The van der Waals surface area contributed by atoms with Gasteiger partial charge in [0.1, 0.15) is 9.66 Å². The van der Waals surface area contributed by atoms with E-state index in [1.807, 2.05) is 13.8 Å². The van der Waals surface area contributed by atoms with Crippen LogP contribution in [0.2, 0.25) is 0 Å².